The Kier molecular flexibility index (Phi) is 8.18. The van der Waals surface area contributed by atoms with Gasteiger partial charge < -0.3 is 24.8 Å². The first-order valence-corrected chi connectivity index (χ1v) is 12.7. The number of hydrogen-bond acceptors (Lipinski definition) is 6. The number of aromatic nitrogens is 1. The molecule has 2 aromatic rings. The van der Waals surface area contributed by atoms with E-state index in [1.807, 2.05) is 6.07 Å². The van der Waals surface area contributed by atoms with E-state index in [4.69, 9.17) is 14.2 Å². The first-order valence-electron chi connectivity index (χ1n) is 12.7. The summed E-state index contributed by atoms with van der Waals surface area (Å²) in [6, 6.07) is 7.03. The van der Waals surface area contributed by atoms with Gasteiger partial charge >= 0.3 is 6.18 Å². The highest BCUT2D eigenvalue weighted by Gasteiger charge is 2.50. The third-order valence-corrected chi connectivity index (χ3v) is 7.92. The largest absolute Gasteiger partial charge is 0.497 e. The van der Waals surface area contributed by atoms with Gasteiger partial charge in [0.1, 0.15) is 18.1 Å². The summed E-state index contributed by atoms with van der Waals surface area (Å²) in [5.74, 6) is 0.623. The number of anilines is 1. The Morgan fingerprint density at radius 3 is 2.35 bits per heavy atom. The maximum Gasteiger partial charge on any atom is 0.405 e. The van der Waals surface area contributed by atoms with E-state index >= 15 is 0 Å². The van der Waals surface area contributed by atoms with Gasteiger partial charge in [-0.3, -0.25) is 4.79 Å². The molecule has 1 aromatic carbocycles. The third kappa shape index (κ3) is 5.95. The number of halogens is 3. The van der Waals surface area contributed by atoms with E-state index in [-0.39, 0.29) is 54.1 Å². The molecule has 37 heavy (non-hydrogen) atoms. The number of hydrogen-bond donors (Lipinski definition) is 2. The number of amides is 1. The number of pyridine rings is 1. The zero-order chi connectivity index (χ0) is 26.9. The standard InChI is InChI=1S/C27H36F3N3O4/c1-14(2)24-19-12-23(37-5)22(36-4)11-18(19)20(26(34)33-24)10-16-8-15-9-17(35-3)6-7-21(15)32-25(16)31-13-27(28,29)30/h6-9,14,18-20,22-24H,10-13H2,1-5H3,(H,31,32)(H,33,34). The predicted octanol–water partition coefficient (Wildman–Crippen LogP) is 4.59. The molecule has 10 heteroatoms. The molecule has 2 N–H and O–H groups in total. The average Bonchev–Trinajstić information content (AvgIpc) is 2.86. The molecule has 1 aromatic heterocycles. The number of fused-ring (bicyclic) bond motifs is 2. The molecule has 2 aliphatic rings. The molecule has 1 saturated carbocycles. The van der Waals surface area contributed by atoms with Gasteiger partial charge in [-0.05, 0) is 66.8 Å². The highest BCUT2D eigenvalue weighted by atomic mass is 19.4. The lowest BCUT2D eigenvalue weighted by Gasteiger charge is -2.50. The highest BCUT2D eigenvalue weighted by molar-refractivity contribution is 5.84. The first-order chi connectivity index (χ1) is 17.5. The van der Waals surface area contributed by atoms with E-state index in [1.165, 1.54) is 0 Å². The minimum atomic E-state index is -4.41. The van der Waals surface area contributed by atoms with Gasteiger partial charge in [0.05, 0.1) is 24.8 Å². The van der Waals surface area contributed by atoms with Crippen molar-refractivity contribution in [3.8, 4) is 5.75 Å². The Bertz CT molecular complexity index is 1110. The van der Waals surface area contributed by atoms with Crippen LogP contribution in [0.2, 0.25) is 0 Å². The fraction of sp³-hybridized carbons (Fsp3) is 0.630. The van der Waals surface area contributed by atoms with Crippen molar-refractivity contribution in [2.24, 2.45) is 23.7 Å². The van der Waals surface area contributed by atoms with Gasteiger partial charge in [0.2, 0.25) is 5.91 Å². The van der Waals surface area contributed by atoms with Crippen molar-refractivity contribution in [3.05, 3.63) is 29.8 Å². The number of piperidine rings is 1. The van der Waals surface area contributed by atoms with Crippen molar-refractivity contribution in [1.82, 2.24) is 10.3 Å². The molecule has 1 saturated heterocycles. The van der Waals surface area contributed by atoms with Gasteiger partial charge in [0, 0.05) is 31.6 Å². The van der Waals surface area contributed by atoms with Gasteiger partial charge in [0.15, 0.2) is 0 Å². The van der Waals surface area contributed by atoms with Crippen molar-refractivity contribution in [1.29, 1.82) is 0 Å². The monoisotopic (exact) mass is 523 g/mol. The van der Waals surface area contributed by atoms with Crippen LogP contribution in [0.3, 0.4) is 0 Å². The number of methoxy groups -OCH3 is 3. The Labute approximate surface area is 215 Å². The maximum absolute atomic E-state index is 13.5. The SMILES string of the molecule is COc1ccc2nc(NCC(F)(F)F)c(CC3C(=O)NC(C(C)C)C4CC(OC)C(OC)CC34)cc2c1. The summed E-state index contributed by atoms with van der Waals surface area (Å²) in [7, 11) is 4.87. The lowest BCUT2D eigenvalue weighted by atomic mass is 9.62. The van der Waals surface area contributed by atoms with Crippen LogP contribution in [0, 0.1) is 23.7 Å². The second kappa shape index (κ2) is 11.0. The molecule has 7 nitrogen and oxygen atoms in total. The molecule has 2 fully saturated rings. The zero-order valence-electron chi connectivity index (χ0n) is 21.9. The van der Waals surface area contributed by atoms with Gasteiger partial charge in [-0.15, -0.1) is 0 Å². The summed E-state index contributed by atoms with van der Waals surface area (Å²) >= 11 is 0. The van der Waals surface area contributed by atoms with E-state index < -0.39 is 18.6 Å². The molecule has 6 atom stereocenters. The average molecular weight is 524 g/mol. The van der Waals surface area contributed by atoms with Crippen LogP contribution in [0.25, 0.3) is 10.9 Å². The van der Waals surface area contributed by atoms with Crippen LogP contribution in [-0.4, -0.2) is 63.2 Å². The molecule has 1 amide bonds. The van der Waals surface area contributed by atoms with Gasteiger partial charge in [-0.1, -0.05) is 13.8 Å². The smallest absolute Gasteiger partial charge is 0.405 e. The number of benzene rings is 1. The Morgan fingerprint density at radius 2 is 1.76 bits per heavy atom. The lowest BCUT2D eigenvalue weighted by molar-refractivity contribution is -0.146. The fourth-order valence-corrected chi connectivity index (χ4v) is 6.09. The third-order valence-electron chi connectivity index (χ3n) is 7.92. The zero-order valence-corrected chi connectivity index (χ0v) is 21.9. The fourth-order valence-electron chi connectivity index (χ4n) is 6.09. The van der Waals surface area contributed by atoms with Crippen LogP contribution in [0.5, 0.6) is 5.75 Å². The van der Waals surface area contributed by atoms with Crippen LogP contribution in [0.1, 0.15) is 32.3 Å². The minimum Gasteiger partial charge on any atom is -0.497 e. The lowest BCUT2D eigenvalue weighted by Crippen LogP contribution is -2.61. The van der Waals surface area contributed by atoms with Crippen molar-refractivity contribution in [3.63, 3.8) is 0 Å². The van der Waals surface area contributed by atoms with Crippen LogP contribution in [0.4, 0.5) is 19.0 Å². The number of ether oxygens (including phenoxy) is 3. The molecule has 4 rings (SSSR count). The molecule has 2 heterocycles. The molecular weight excluding hydrogens is 487 g/mol. The molecule has 1 aliphatic heterocycles. The molecular formula is C27H36F3N3O4. The number of carbonyl (C=O) groups is 1. The van der Waals surface area contributed by atoms with E-state index in [1.54, 1.807) is 39.5 Å². The second-order valence-electron chi connectivity index (χ2n) is 10.5. The molecule has 1 aliphatic carbocycles. The van der Waals surface area contributed by atoms with Gasteiger partial charge in [0.25, 0.3) is 0 Å². The summed E-state index contributed by atoms with van der Waals surface area (Å²) in [6.45, 7) is 2.97. The van der Waals surface area contributed by atoms with Crippen LogP contribution >= 0.6 is 0 Å². The number of nitrogens with zero attached hydrogens (tertiary/aromatic N) is 1. The molecule has 204 valence electrons. The molecule has 6 unspecified atom stereocenters. The topological polar surface area (TPSA) is 81.7 Å². The Hall–Kier alpha value is -2.59. The summed E-state index contributed by atoms with van der Waals surface area (Å²) in [4.78, 5) is 18.0. The van der Waals surface area contributed by atoms with Crippen molar-refractivity contribution in [2.75, 3.05) is 33.2 Å². The van der Waals surface area contributed by atoms with Crippen LogP contribution in [-0.2, 0) is 20.7 Å². The number of nitrogens with one attached hydrogen (secondary N) is 2. The normalized spacial score (nSPS) is 28.2. The number of alkyl halides is 3. The minimum absolute atomic E-state index is 0.00558. The number of rotatable bonds is 8. The maximum atomic E-state index is 13.5. The molecule has 0 bridgehead atoms. The number of carbonyl (C=O) groups excluding carboxylic acids is 1. The summed E-state index contributed by atoms with van der Waals surface area (Å²) in [5.41, 5.74) is 1.11. The summed E-state index contributed by atoms with van der Waals surface area (Å²) < 4.78 is 56.1. The van der Waals surface area contributed by atoms with Crippen LogP contribution < -0.4 is 15.4 Å². The second-order valence-corrected chi connectivity index (χ2v) is 10.5. The summed E-state index contributed by atoms with van der Waals surface area (Å²) in [6.07, 6.45) is -3.01. The highest BCUT2D eigenvalue weighted by Crippen LogP contribution is 2.45. The predicted molar refractivity (Wildman–Crippen MR) is 135 cm³/mol. The Morgan fingerprint density at radius 1 is 1.08 bits per heavy atom. The summed E-state index contributed by atoms with van der Waals surface area (Å²) in [5, 5.41) is 6.42. The van der Waals surface area contributed by atoms with Crippen molar-refractivity contribution >= 4 is 22.6 Å². The Balaban J connectivity index is 1.72. The van der Waals surface area contributed by atoms with E-state index in [0.717, 1.165) is 11.8 Å². The first kappa shape index (κ1) is 27.4. The van der Waals surface area contributed by atoms with E-state index in [2.05, 4.69) is 29.5 Å². The molecule has 0 spiro atoms. The van der Waals surface area contributed by atoms with Crippen molar-refractivity contribution in [2.45, 2.75) is 57.5 Å². The van der Waals surface area contributed by atoms with Gasteiger partial charge in [-0.25, -0.2) is 4.98 Å². The molecule has 0 radical (unpaired) electrons. The van der Waals surface area contributed by atoms with Crippen LogP contribution in [0.15, 0.2) is 24.3 Å². The van der Waals surface area contributed by atoms with E-state index in [0.29, 0.717) is 23.3 Å². The van der Waals surface area contributed by atoms with Crippen molar-refractivity contribution < 1.29 is 32.2 Å². The quantitative estimate of drug-likeness (QED) is 0.527. The van der Waals surface area contributed by atoms with Gasteiger partial charge in [-0.2, -0.15) is 13.2 Å². The van der Waals surface area contributed by atoms with E-state index in [9.17, 15) is 18.0 Å².